The molecule has 0 bridgehead atoms. The number of halogens is 1. The molecule has 0 spiro atoms. The third-order valence-electron chi connectivity index (χ3n) is 5.13. The first-order valence-electron chi connectivity index (χ1n) is 9.50. The largest absolute Gasteiger partial charge is 0.466 e. The van der Waals surface area contributed by atoms with E-state index in [0.29, 0.717) is 37.8 Å². The number of carbonyl (C=O) groups is 2. The Kier molecular flexibility index (Phi) is 6.25. The van der Waals surface area contributed by atoms with Crippen LogP contribution in [0.3, 0.4) is 0 Å². The number of ether oxygens (including phenoxy) is 1. The summed E-state index contributed by atoms with van der Waals surface area (Å²) in [5.74, 6) is -0.655. The molecule has 1 aliphatic heterocycles. The van der Waals surface area contributed by atoms with Crippen LogP contribution in [0.4, 0.5) is 4.39 Å². The van der Waals surface area contributed by atoms with Crippen molar-refractivity contribution in [3.63, 3.8) is 0 Å². The number of hydrogen-bond donors (Lipinski definition) is 0. The van der Waals surface area contributed by atoms with Crippen LogP contribution in [-0.4, -0.2) is 54.0 Å². The summed E-state index contributed by atoms with van der Waals surface area (Å²) >= 11 is 0. The molecule has 1 saturated carbocycles. The number of amides is 1. The Balaban J connectivity index is 1.59. The van der Waals surface area contributed by atoms with Gasteiger partial charge in [0, 0.05) is 31.2 Å². The normalized spacial score (nSPS) is 20.3. The van der Waals surface area contributed by atoms with E-state index in [1.54, 1.807) is 24.0 Å². The van der Waals surface area contributed by atoms with E-state index in [2.05, 4.69) is 4.90 Å². The predicted octanol–water partition coefficient (Wildman–Crippen LogP) is 2.59. The average molecular weight is 362 g/mol. The van der Waals surface area contributed by atoms with E-state index in [1.807, 2.05) is 6.07 Å². The Labute approximate surface area is 154 Å². The van der Waals surface area contributed by atoms with Crippen molar-refractivity contribution in [1.29, 1.82) is 0 Å². The van der Waals surface area contributed by atoms with Crippen molar-refractivity contribution in [3.05, 3.63) is 35.6 Å². The molecule has 1 heterocycles. The fourth-order valence-electron chi connectivity index (χ4n) is 3.53. The van der Waals surface area contributed by atoms with E-state index in [-0.39, 0.29) is 30.2 Å². The fraction of sp³-hybridized carbons (Fsp3) is 0.600. The lowest BCUT2D eigenvalue weighted by molar-refractivity contribution is -0.151. The van der Waals surface area contributed by atoms with E-state index in [9.17, 15) is 14.0 Å². The third-order valence-corrected chi connectivity index (χ3v) is 5.13. The lowest BCUT2D eigenvalue weighted by Crippen LogP contribution is -2.47. The lowest BCUT2D eigenvalue weighted by atomic mass is 9.98. The van der Waals surface area contributed by atoms with Crippen LogP contribution in [0.15, 0.2) is 24.3 Å². The lowest BCUT2D eigenvalue weighted by Gasteiger charge is -2.33. The Morgan fingerprint density at radius 3 is 2.73 bits per heavy atom. The Morgan fingerprint density at radius 2 is 2.04 bits per heavy atom. The molecule has 1 amide bonds. The summed E-state index contributed by atoms with van der Waals surface area (Å²) < 4.78 is 19.1. The first-order chi connectivity index (χ1) is 12.6. The molecule has 2 fully saturated rings. The number of hydrogen-bond acceptors (Lipinski definition) is 4. The van der Waals surface area contributed by atoms with Crippen LogP contribution in [0.5, 0.6) is 0 Å². The predicted molar refractivity (Wildman–Crippen MR) is 95.8 cm³/mol. The summed E-state index contributed by atoms with van der Waals surface area (Å²) in [5, 5.41) is 0. The summed E-state index contributed by atoms with van der Waals surface area (Å²) in [6, 6.07) is 7.07. The highest BCUT2D eigenvalue weighted by Gasteiger charge is 2.34. The minimum Gasteiger partial charge on any atom is -0.466 e. The summed E-state index contributed by atoms with van der Waals surface area (Å²) in [7, 11) is 0. The minimum absolute atomic E-state index is 0.0160. The van der Waals surface area contributed by atoms with Crippen LogP contribution in [0, 0.1) is 11.7 Å². The van der Waals surface area contributed by atoms with E-state index in [0.717, 1.165) is 25.7 Å². The monoisotopic (exact) mass is 362 g/mol. The number of carbonyl (C=O) groups excluding carboxylic acids is 2. The minimum atomic E-state index is -0.231. The van der Waals surface area contributed by atoms with E-state index < -0.39 is 0 Å². The van der Waals surface area contributed by atoms with Gasteiger partial charge in [0.1, 0.15) is 5.82 Å². The highest BCUT2D eigenvalue weighted by atomic mass is 19.1. The maximum absolute atomic E-state index is 14.0. The SMILES string of the molecule is CCOC(=O)C1CCCN(C(=O)CN(Cc2ccccc2F)C2CC2)C1. The van der Waals surface area contributed by atoms with Crippen molar-refractivity contribution in [2.24, 2.45) is 5.92 Å². The highest BCUT2D eigenvalue weighted by molar-refractivity contribution is 5.80. The van der Waals surface area contributed by atoms with Crippen LogP contribution < -0.4 is 0 Å². The van der Waals surface area contributed by atoms with Crippen LogP contribution in [0.25, 0.3) is 0 Å². The Hall–Kier alpha value is -1.95. The van der Waals surface area contributed by atoms with Crippen molar-refractivity contribution < 1.29 is 18.7 Å². The molecule has 2 aliphatic rings. The van der Waals surface area contributed by atoms with Crippen LogP contribution >= 0.6 is 0 Å². The highest BCUT2D eigenvalue weighted by Crippen LogP contribution is 2.29. The Bertz CT molecular complexity index is 648. The van der Waals surface area contributed by atoms with Gasteiger partial charge in [-0.1, -0.05) is 18.2 Å². The zero-order valence-corrected chi connectivity index (χ0v) is 15.3. The van der Waals surface area contributed by atoms with Gasteiger partial charge in [-0.25, -0.2) is 4.39 Å². The second-order valence-corrected chi connectivity index (χ2v) is 7.16. The molecule has 1 saturated heterocycles. The third kappa shape index (κ3) is 4.81. The molecule has 3 rings (SSSR count). The van der Waals surface area contributed by atoms with E-state index in [4.69, 9.17) is 4.74 Å². The number of benzene rings is 1. The Morgan fingerprint density at radius 1 is 1.27 bits per heavy atom. The van der Waals surface area contributed by atoms with E-state index >= 15 is 0 Å². The molecule has 1 unspecified atom stereocenters. The molecule has 5 nitrogen and oxygen atoms in total. The van der Waals surface area contributed by atoms with Gasteiger partial charge in [0.15, 0.2) is 0 Å². The second-order valence-electron chi connectivity index (χ2n) is 7.16. The molecular weight excluding hydrogens is 335 g/mol. The maximum Gasteiger partial charge on any atom is 0.310 e. The molecule has 142 valence electrons. The summed E-state index contributed by atoms with van der Waals surface area (Å²) in [4.78, 5) is 28.6. The fourth-order valence-corrected chi connectivity index (χ4v) is 3.53. The van der Waals surface area contributed by atoms with Crippen LogP contribution in [0.2, 0.25) is 0 Å². The number of likely N-dealkylation sites (tertiary alicyclic amines) is 1. The quantitative estimate of drug-likeness (QED) is 0.700. The molecule has 26 heavy (non-hydrogen) atoms. The van der Waals surface area contributed by atoms with Gasteiger partial charge in [-0.05, 0) is 38.7 Å². The van der Waals surface area contributed by atoms with Crippen molar-refractivity contribution >= 4 is 11.9 Å². The second kappa shape index (κ2) is 8.62. The van der Waals surface area contributed by atoms with Crippen LogP contribution in [-0.2, 0) is 20.9 Å². The van der Waals surface area contributed by atoms with Gasteiger partial charge in [-0.15, -0.1) is 0 Å². The first kappa shape index (κ1) is 18.8. The maximum atomic E-state index is 14.0. The number of nitrogens with zero attached hydrogens (tertiary/aromatic N) is 2. The molecule has 1 atom stereocenters. The smallest absolute Gasteiger partial charge is 0.310 e. The number of esters is 1. The zero-order chi connectivity index (χ0) is 18.5. The van der Waals surface area contributed by atoms with Gasteiger partial charge in [0.2, 0.25) is 5.91 Å². The summed E-state index contributed by atoms with van der Waals surface area (Å²) in [6.45, 7) is 3.97. The zero-order valence-electron chi connectivity index (χ0n) is 15.3. The molecule has 1 aromatic rings. The van der Waals surface area contributed by atoms with E-state index in [1.165, 1.54) is 6.07 Å². The molecule has 0 radical (unpaired) electrons. The van der Waals surface area contributed by atoms with Gasteiger partial charge in [-0.3, -0.25) is 14.5 Å². The first-order valence-corrected chi connectivity index (χ1v) is 9.50. The molecule has 1 aromatic carbocycles. The summed E-state index contributed by atoms with van der Waals surface area (Å²) in [6.07, 6.45) is 3.68. The van der Waals surface area contributed by atoms with Crippen molar-refractivity contribution in [1.82, 2.24) is 9.80 Å². The van der Waals surface area contributed by atoms with Gasteiger partial charge < -0.3 is 9.64 Å². The van der Waals surface area contributed by atoms with Gasteiger partial charge in [0.05, 0.1) is 19.1 Å². The van der Waals surface area contributed by atoms with Gasteiger partial charge in [0.25, 0.3) is 0 Å². The van der Waals surface area contributed by atoms with Crippen molar-refractivity contribution in [2.75, 3.05) is 26.2 Å². The van der Waals surface area contributed by atoms with Gasteiger partial charge >= 0.3 is 5.97 Å². The molecule has 0 aromatic heterocycles. The molecular formula is C20H27FN2O3. The molecule has 1 aliphatic carbocycles. The summed E-state index contributed by atoms with van der Waals surface area (Å²) in [5.41, 5.74) is 0.621. The average Bonchev–Trinajstić information content (AvgIpc) is 3.48. The topological polar surface area (TPSA) is 49.9 Å². The standard InChI is InChI=1S/C20H27FN2O3/c1-2-26-20(25)16-7-5-11-22(13-16)19(24)14-23(17-9-10-17)12-15-6-3-4-8-18(15)21/h3-4,6,8,16-17H,2,5,7,9-14H2,1H3. The molecule has 6 heteroatoms. The number of rotatable bonds is 7. The van der Waals surface area contributed by atoms with Crippen molar-refractivity contribution in [2.45, 2.75) is 45.2 Å². The molecule has 0 N–H and O–H groups in total. The number of piperidine rings is 1. The van der Waals surface area contributed by atoms with Gasteiger partial charge in [-0.2, -0.15) is 0 Å². The van der Waals surface area contributed by atoms with Crippen LogP contribution in [0.1, 0.15) is 38.2 Å². The van der Waals surface area contributed by atoms with Crippen molar-refractivity contribution in [3.8, 4) is 0 Å².